The number of hydrogen-bond acceptors (Lipinski definition) is 2. The van der Waals surface area contributed by atoms with Crippen LogP contribution in [0.1, 0.15) is 51.4 Å². The zero-order valence-corrected chi connectivity index (χ0v) is 12.0. The van der Waals surface area contributed by atoms with E-state index in [0.29, 0.717) is 6.42 Å². The van der Waals surface area contributed by atoms with E-state index < -0.39 is 6.29 Å². The van der Waals surface area contributed by atoms with Gasteiger partial charge in [0.05, 0.1) is 0 Å². The van der Waals surface area contributed by atoms with E-state index in [1.54, 1.807) is 0 Å². The first-order valence-electron chi connectivity index (χ1n) is 5.63. The summed E-state index contributed by atoms with van der Waals surface area (Å²) in [5.74, 6) is 0. The number of unbranched alkanes of at least 4 members (excludes halogenated alkanes) is 6. The third-order valence-corrected chi connectivity index (χ3v) is 3.42. The SMILES string of the molecule is OC(O)CCCCCCCC[CH2][K]. The fourth-order valence-corrected chi connectivity index (χ4v) is 2.24. The molecule has 74 valence electrons. The molecule has 0 rings (SSSR count). The van der Waals surface area contributed by atoms with Crippen molar-refractivity contribution in [3.05, 3.63) is 0 Å². The average molecular weight is 212 g/mol. The van der Waals surface area contributed by atoms with E-state index in [0.717, 1.165) is 61.8 Å². The predicted octanol–water partition coefficient (Wildman–Crippen LogP) is 2.00. The molecule has 0 aromatic rings. The van der Waals surface area contributed by atoms with Crippen molar-refractivity contribution < 1.29 is 10.2 Å². The van der Waals surface area contributed by atoms with Crippen LogP contribution in [0.3, 0.4) is 0 Å². The second-order valence-electron chi connectivity index (χ2n) is 3.74. The summed E-state index contributed by atoms with van der Waals surface area (Å²) in [5, 5.41) is 17.2. The van der Waals surface area contributed by atoms with Gasteiger partial charge < -0.3 is 0 Å². The molecule has 0 aliphatic heterocycles. The van der Waals surface area contributed by atoms with Crippen molar-refractivity contribution in [1.82, 2.24) is 0 Å². The van der Waals surface area contributed by atoms with Crippen LogP contribution in [0, 0.1) is 0 Å². The Morgan fingerprint density at radius 2 is 1.23 bits per heavy atom. The van der Waals surface area contributed by atoms with E-state index in [1.807, 2.05) is 0 Å². The van der Waals surface area contributed by atoms with Crippen LogP contribution in [0.4, 0.5) is 0 Å². The Morgan fingerprint density at radius 3 is 1.69 bits per heavy atom. The maximum atomic E-state index is 8.59. The van der Waals surface area contributed by atoms with Gasteiger partial charge in [0.15, 0.2) is 0 Å². The first kappa shape index (κ1) is 14.6. The summed E-state index contributed by atoms with van der Waals surface area (Å²) in [6.45, 7) is 0. The number of hydrogen-bond donors (Lipinski definition) is 2. The summed E-state index contributed by atoms with van der Waals surface area (Å²) in [7, 11) is 0. The van der Waals surface area contributed by atoms with Crippen LogP contribution in [0.15, 0.2) is 0 Å². The van der Waals surface area contributed by atoms with E-state index >= 15 is 0 Å². The molecule has 0 heterocycles. The molecule has 0 aliphatic carbocycles. The van der Waals surface area contributed by atoms with Gasteiger partial charge in [0.25, 0.3) is 0 Å². The Bertz CT molecular complexity index is 96.9. The van der Waals surface area contributed by atoms with Crippen molar-refractivity contribution in [3.8, 4) is 0 Å². The molecule has 0 aromatic heterocycles. The van der Waals surface area contributed by atoms with Gasteiger partial charge in [0.1, 0.15) is 0 Å². The molecule has 0 spiro atoms. The van der Waals surface area contributed by atoms with Crippen molar-refractivity contribution in [2.24, 2.45) is 0 Å². The van der Waals surface area contributed by atoms with Crippen LogP contribution >= 0.6 is 0 Å². The summed E-state index contributed by atoms with van der Waals surface area (Å²) in [5.41, 5.74) is 0. The van der Waals surface area contributed by atoms with E-state index in [2.05, 4.69) is 0 Å². The van der Waals surface area contributed by atoms with Crippen molar-refractivity contribution in [3.63, 3.8) is 0 Å². The van der Waals surface area contributed by atoms with Crippen molar-refractivity contribution in [1.29, 1.82) is 0 Å². The molecule has 0 fully saturated rings. The van der Waals surface area contributed by atoms with Gasteiger partial charge in [-0.2, -0.15) is 0 Å². The van der Waals surface area contributed by atoms with Crippen LogP contribution in [0.5, 0.6) is 0 Å². The van der Waals surface area contributed by atoms with Gasteiger partial charge >= 0.3 is 117 Å². The van der Waals surface area contributed by atoms with Crippen LogP contribution in [0.2, 0.25) is 0.515 Å². The molecular weight excluding hydrogens is 191 g/mol. The van der Waals surface area contributed by atoms with E-state index in [4.69, 9.17) is 10.2 Å². The van der Waals surface area contributed by atoms with Crippen LogP contribution in [-0.4, -0.2) is 65.5 Å². The molecule has 0 saturated heterocycles. The minimum atomic E-state index is -1.09. The van der Waals surface area contributed by atoms with Crippen molar-refractivity contribution >= 4 is 49.0 Å². The zero-order chi connectivity index (χ0) is 9.94. The quantitative estimate of drug-likeness (QED) is 0.349. The first-order valence-corrected chi connectivity index (χ1v) is 7.84. The minimum absolute atomic E-state index is 0.544. The molecule has 2 N–H and O–H groups in total. The van der Waals surface area contributed by atoms with Gasteiger partial charge in [-0.25, -0.2) is 0 Å². The summed E-state index contributed by atoms with van der Waals surface area (Å²) >= 11 is 1.05. The molecule has 0 unspecified atom stereocenters. The van der Waals surface area contributed by atoms with E-state index in [-0.39, 0.29) is 0 Å². The van der Waals surface area contributed by atoms with Gasteiger partial charge in [0, 0.05) is 0 Å². The molecule has 0 bridgehead atoms. The Kier molecular flexibility index (Phi) is 13.0. The molecule has 0 aliphatic rings. The van der Waals surface area contributed by atoms with Gasteiger partial charge in [-0.3, -0.25) is 0 Å². The summed E-state index contributed by atoms with van der Waals surface area (Å²) in [4.78, 5) is 0. The molecule has 13 heavy (non-hydrogen) atoms. The first-order chi connectivity index (χ1) is 6.27. The molecule has 0 saturated carbocycles. The predicted molar refractivity (Wildman–Crippen MR) is 55.7 cm³/mol. The second-order valence-corrected chi connectivity index (χ2v) is 5.31. The van der Waals surface area contributed by atoms with E-state index in [9.17, 15) is 0 Å². The van der Waals surface area contributed by atoms with Crippen LogP contribution in [-0.2, 0) is 0 Å². The number of aliphatic hydroxyl groups is 2. The molecule has 0 amide bonds. The third-order valence-electron chi connectivity index (χ3n) is 2.32. The zero-order valence-electron chi connectivity index (χ0n) is 8.84. The van der Waals surface area contributed by atoms with Crippen molar-refractivity contribution in [2.45, 2.75) is 58.2 Å². The maximum absolute atomic E-state index is 8.59. The fraction of sp³-hybridized carbons (Fsp3) is 1.00. The molecule has 3 heteroatoms. The number of rotatable bonds is 9. The molecule has 2 nitrogen and oxygen atoms in total. The Balaban J connectivity index is 2.84. The van der Waals surface area contributed by atoms with Gasteiger partial charge in [-0.15, -0.1) is 0 Å². The van der Waals surface area contributed by atoms with Crippen LogP contribution < -0.4 is 0 Å². The topological polar surface area (TPSA) is 40.5 Å². The second kappa shape index (κ2) is 11.6. The summed E-state index contributed by atoms with van der Waals surface area (Å²) in [6.07, 6.45) is 8.38. The summed E-state index contributed by atoms with van der Waals surface area (Å²) in [6, 6.07) is 0. The number of aliphatic hydroxyl groups excluding tert-OH is 1. The molecule has 0 aromatic carbocycles. The van der Waals surface area contributed by atoms with Crippen LogP contribution in [0.25, 0.3) is 0 Å². The van der Waals surface area contributed by atoms with Crippen molar-refractivity contribution in [2.75, 3.05) is 0 Å². The Labute approximate surface area is 116 Å². The Morgan fingerprint density at radius 1 is 0.769 bits per heavy atom. The fourth-order valence-electron chi connectivity index (χ4n) is 1.46. The molecular formula is C10H21KO2. The molecule has 0 atom stereocenters. The normalized spacial score (nSPS) is 11.2. The average Bonchev–Trinajstić information content (AvgIpc) is 2.09. The monoisotopic (exact) mass is 212 g/mol. The Hall–Kier alpha value is 1.56. The third kappa shape index (κ3) is 13.6. The van der Waals surface area contributed by atoms with E-state index in [1.165, 1.54) is 32.6 Å². The van der Waals surface area contributed by atoms with Gasteiger partial charge in [-0.05, 0) is 0 Å². The summed E-state index contributed by atoms with van der Waals surface area (Å²) < 4.78 is 1.49. The standard InChI is InChI=1S/C10H21O2.K/c1-2-3-4-5-6-7-8-9-10(11)12;/h10-12H,1-9H2;. The molecule has 0 radical (unpaired) electrons. The van der Waals surface area contributed by atoms with Gasteiger partial charge in [0.2, 0.25) is 0 Å². The van der Waals surface area contributed by atoms with Gasteiger partial charge in [-0.1, -0.05) is 0 Å².